The van der Waals surface area contributed by atoms with Gasteiger partial charge < -0.3 is 5.32 Å². The Morgan fingerprint density at radius 2 is 1.84 bits per heavy atom. The standard InChI is InChI=1S/C14H20N2O2S/c1-11(13-7-5-12(9-15)6-8-13)16-10-14(2,3)19(4,17)18/h5-8,11,16H,10H2,1-4H3. The highest BCUT2D eigenvalue weighted by molar-refractivity contribution is 7.92. The summed E-state index contributed by atoms with van der Waals surface area (Å²) in [6.07, 6.45) is 1.25. The van der Waals surface area contributed by atoms with Crippen LogP contribution in [0.3, 0.4) is 0 Å². The maximum Gasteiger partial charge on any atom is 0.153 e. The van der Waals surface area contributed by atoms with E-state index in [0.29, 0.717) is 12.1 Å². The Kier molecular flexibility index (Phi) is 4.72. The van der Waals surface area contributed by atoms with Crippen LogP contribution in [-0.4, -0.2) is 26.0 Å². The fraction of sp³-hybridized carbons (Fsp3) is 0.500. The summed E-state index contributed by atoms with van der Waals surface area (Å²) in [6.45, 7) is 5.77. The highest BCUT2D eigenvalue weighted by atomic mass is 32.2. The number of nitrogens with one attached hydrogen (secondary N) is 1. The maximum atomic E-state index is 11.6. The third kappa shape index (κ3) is 4.05. The van der Waals surface area contributed by atoms with E-state index >= 15 is 0 Å². The first kappa shape index (κ1) is 15.7. The van der Waals surface area contributed by atoms with Gasteiger partial charge in [0.1, 0.15) is 0 Å². The Labute approximate surface area is 115 Å². The van der Waals surface area contributed by atoms with Gasteiger partial charge in [0.05, 0.1) is 16.4 Å². The third-order valence-electron chi connectivity index (χ3n) is 3.38. The van der Waals surface area contributed by atoms with Crippen molar-refractivity contribution in [2.45, 2.75) is 31.6 Å². The molecule has 1 N–H and O–H groups in total. The molecule has 0 bridgehead atoms. The number of hydrogen-bond donors (Lipinski definition) is 1. The van der Waals surface area contributed by atoms with E-state index in [0.717, 1.165) is 5.56 Å². The van der Waals surface area contributed by atoms with Gasteiger partial charge in [-0.1, -0.05) is 12.1 Å². The summed E-state index contributed by atoms with van der Waals surface area (Å²) < 4.78 is 22.4. The topological polar surface area (TPSA) is 70.0 Å². The second-order valence-corrected chi connectivity index (χ2v) is 8.02. The summed E-state index contributed by atoms with van der Waals surface area (Å²) in [5, 5.41) is 12.0. The van der Waals surface area contributed by atoms with E-state index in [-0.39, 0.29) is 6.04 Å². The summed E-state index contributed by atoms with van der Waals surface area (Å²) in [5.41, 5.74) is 1.65. The van der Waals surface area contributed by atoms with Crippen LogP contribution in [0.2, 0.25) is 0 Å². The number of nitriles is 1. The molecule has 0 aromatic heterocycles. The predicted octanol–water partition coefficient (Wildman–Crippen LogP) is 2.03. The van der Waals surface area contributed by atoms with Crippen molar-refractivity contribution in [3.63, 3.8) is 0 Å². The van der Waals surface area contributed by atoms with Gasteiger partial charge in [-0.05, 0) is 38.5 Å². The fourth-order valence-corrected chi connectivity index (χ4v) is 1.84. The van der Waals surface area contributed by atoms with E-state index in [9.17, 15) is 8.42 Å². The molecule has 0 fully saturated rings. The van der Waals surface area contributed by atoms with E-state index in [1.165, 1.54) is 6.26 Å². The van der Waals surface area contributed by atoms with Crippen molar-refractivity contribution in [3.8, 4) is 6.07 Å². The monoisotopic (exact) mass is 280 g/mol. The summed E-state index contributed by atoms with van der Waals surface area (Å²) in [4.78, 5) is 0. The molecule has 19 heavy (non-hydrogen) atoms. The molecule has 104 valence electrons. The molecule has 0 aliphatic carbocycles. The van der Waals surface area contributed by atoms with Crippen LogP contribution in [0.1, 0.15) is 37.9 Å². The lowest BCUT2D eigenvalue weighted by atomic mass is 10.1. The van der Waals surface area contributed by atoms with Crippen LogP contribution in [-0.2, 0) is 9.84 Å². The molecule has 0 aliphatic heterocycles. The zero-order valence-corrected chi connectivity index (χ0v) is 12.6. The van der Waals surface area contributed by atoms with Crippen LogP contribution in [0.25, 0.3) is 0 Å². The molecule has 1 atom stereocenters. The number of benzene rings is 1. The smallest absolute Gasteiger partial charge is 0.153 e. The highest BCUT2D eigenvalue weighted by Crippen LogP contribution is 2.17. The molecule has 1 aromatic carbocycles. The second-order valence-electron chi connectivity index (χ2n) is 5.37. The summed E-state index contributed by atoms with van der Waals surface area (Å²) >= 11 is 0. The number of hydrogen-bond acceptors (Lipinski definition) is 4. The summed E-state index contributed by atoms with van der Waals surface area (Å²) in [7, 11) is -3.10. The van der Waals surface area contributed by atoms with Gasteiger partial charge in [0, 0.05) is 18.8 Å². The van der Waals surface area contributed by atoms with Crippen LogP contribution in [0.4, 0.5) is 0 Å². The maximum absolute atomic E-state index is 11.6. The summed E-state index contributed by atoms with van der Waals surface area (Å²) in [5.74, 6) is 0. The van der Waals surface area contributed by atoms with E-state index in [1.807, 2.05) is 19.1 Å². The van der Waals surface area contributed by atoms with Gasteiger partial charge in [0.15, 0.2) is 9.84 Å². The van der Waals surface area contributed by atoms with Crippen molar-refractivity contribution in [1.82, 2.24) is 5.32 Å². The van der Waals surface area contributed by atoms with Crippen LogP contribution in [0, 0.1) is 11.3 Å². The van der Waals surface area contributed by atoms with Gasteiger partial charge in [0.2, 0.25) is 0 Å². The minimum absolute atomic E-state index is 0.0359. The largest absolute Gasteiger partial charge is 0.309 e. The molecule has 0 heterocycles. The van der Waals surface area contributed by atoms with E-state index < -0.39 is 14.6 Å². The van der Waals surface area contributed by atoms with Crippen molar-refractivity contribution in [2.75, 3.05) is 12.8 Å². The van der Waals surface area contributed by atoms with Gasteiger partial charge >= 0.3 is 0 Å². The van der Waals surface area contributed by atoms with E-state index in [4.69, 9.17) is 5.26 Å². The molecule has 0 aliphatic rings. The third-order valence-corrected chi connectivity index (χ3v) is 5.53. The zero-order chi connectivity index (χ0) is 14.7. The quantitative estimate of drug-likeness (QED) is 0.896. The van der Waals surface area contributed by atoms with Gasteiger partial charge in [-0.3, -0.25) is 0 Å². The fourth-order valence-electron chi connectivity index (χ4n) is 1.49. The second kappa shape index (κ2) is 5.72. The summed E-state index contributed by atoms with van der Waals surface area (Å²) in [6, 6.07) is 9.38. The van der Waals surface area contributed by atoms with Crippen LogP contribution in [0.5, 0.6) is 0 Å². The lowest BCUT2D eigenvalue weighted by molar-refractivity contribution is 0.489. The lowest BCUT2D eigenvalue weighted by Gasteiger charge is -2.25. The van der Waals surface area contributed by atoms with Crippen molar-refractivity contribution >= 4 is 9.84 Å². The number of rotatable bonds is 5. The average Bonchev–Trinajstić information content (AvgIpc) is 2.35. The van der Waals surface area contributed by atoms with Crippen LogP contribution >= 0.6 is 0 Å². The first-order valence-corrected chi connectivity index (χ1v) is 7.99. The average molecular weight is 280 g/mol. The Hall–Kier alpha value is -1.38. The molecular formula is C14H20N2O2S. The zero-order valence-electron chi connectivity index (χ0n) is 11.8. The van der Waals surface area contributed by atoms with Crippen LogP contribution < -0.4 is 5.32 Å². The Balaban J connectivity index is 2.70. The van der Waals surface area contributed by atoms with E-state index in [1.54, 1.807) is 26.0 Å². The first-order chi connectivity index (χ1) is 8.67. The van der Waals surface area contributed by atoms with Gasteiger partial charge in [-0.25, -0.2) is 8.42 Å². The Morgan fingerprint density at radius 1 is 1.32 bits per heavy atom. The van der Waals surface area contributed by atoms with Crippen molar-refractivity contribution in [1.29, 1.82) is 5.26 Å². The first-order valence-electron chi connectivity index (χ1n) is 6.10. The molecule has 0 amide bonds. The minimum Gasteiger partial charge on any atom is -0.309 e. The Morgan fingerprint density at radius 3 is 2.26 bits per heavy atom. The molecule has 5 heteroatoms. The van der Waals surface area contributed by atoms with E-state index in [2.05, 4.69) is 11.4 Å². The van der Waals surface area contributed by atoms with Crippen molar-refractivity contribution in [2.24, 2.45) is 0 Å². The number of sulfone groups is 1. The van der Waals surface area contributed by atoms with Gasteiger partial charge in [-0.15, -0.1) is 0 Å². The van der Waals surface area contributed by atoms with Gasteiger partial charge in [0.25, 0.3) is 0 Å². The normalized spacial score (nSPS) is 13.8. The molecule has 0 saturated carbocycles. The molecule has 1 aromatic rings. The number of nitrogens with zero attached hydrogens (tertiary/aromatic N) is 1. The minimum atomic E-state index is -3.10. The predicted molar refractivity (Wildman–Crippen MR) is 76.5 cm³/mol. The molecule has 0 radical (unpaired) electrons. The molecule has 1 unspecified atom stereocenters. The molecule has 0 spiro atoms. The van der Waals surface area contributed by atoms with Gasteiger partial charge in [-0.2, -0.15) is 5.26 Å². The van der Waals surface area contributed by atoms with Crippen molar-refractivity contribution < 1.29 is 8.42 Å². The molecule has 4 nitrogen and oxygen atoms in total. The Bertz CT molecular complexity index is 568. The molecule has 1 rings (SSSR count). The molecular weight excluding hydrogens is 260 g/mol. The molecule has 0 saturated heterocycles. The van der Waals surface area contributed by atoms with Crippen molar-refractivity contribution in [3.05, 3.63) is 35.4 Å². The SMILES string of the molecule is CC(NCC(C)(C)S(C)(=O)=O)c1ccc(C#N)cc1. The lowest BCUT2D eigenvalue weighted by Crippen LogP contribution is -2.42. The highest BCUT2D eigenvalue weighted by Gasteiger charge is 2.30. The van der Waals surface area contributed by atoms with Crippen LogP contribution in [0.15, 0.2) is 24.3 Å².